The lowest BCUT2D eigenvalue weighted by molar-refractivity contribution is 0.188. The highest BCUT2D eigenvalue weighted by molar-refractivity contribution is 7.88. The number of sulfonamides is 1. The number of hydrogen-bond donors (Lipinski definition) is 0. The molecular formula is C18H17FN4O2S. The van der Waals surface area contributed by atoms with Crippen LogP contribution in [-0.4, -0.2) is 40.8 Å². The third-order valence-corrected chi connectivity index (χ3v) is 6.20. The highest BCUT2D eigenvalue weighted by Crippen LogP contribution is 2.27. The molecule has 0 spiro atoms. The first-order valence-corrected chi connectivity index (χ1v) is 9.82. The Morgan fingerprint density at radius 3 is 2.58 bits per heavy atom. The normalized spacial score (nSPS) is 15.7. The predicted molar refractivity (Wildman–Crippen MR) is 95.1 cm³/mol. The van der Waals surface area contributed by atoms with Crippen LogP contribution in [0, 0.1) is 5.82 Å². The maximum Gasteiger partial charge on any atom is 0.218 e. The minimum absolute atomic E-state index is 0.0396. The average molecular weight is 372 g/mol. The smallest absolute Gasteiger partial charge is 0.218 e. The first-order chi connectivity index (χ1) is 12.5. The number of nitrogens with zero attached hydrogens (tertiary/aromatic N) is 4. The highest BCUT2D eigenvalue weighted by Gasteiger charge is 2.37. The van der Waals surface area contributed by atoms with Gasteiger partial charge in [-0.05, 0) is 17.7 Å². The Bertz CT molecular complexity index is 1010. The van der Waals surface area contributed by atoms with Crippen molar-refractivity contribution in [3.63, 3.8) is 0 Å². The first kappa shape index (κ1) is 16.9. The number of hydrogen-bond acceptors (Lipinski definition) is 4. The SMILES string of the molecule is O=S(=O)(Cc1cccc(F)c1)N1CC(n2cc(-c3ccccc3)nn2)C1. The lowest BCUT2D eigenvalue weighted by Crippen LogP contribution is -2.51. The quantitative estimate of drug-likeness (QED) is 0.690. The van der Waals surface area contributed by atoms with Gasteiger partial charge in [-0.15, -0.1) is 5.10 Å². The molecule has 0 radical (unpaired) electrons. The number of benzene rings is 2. The Hall–Kier alpha value is -2.58. The van der Waals surface area contributed by atoms with Crippen molar-refractivity contribution in [3.8, 4) is 11.3 Å². The molecule has 0 aliphatic carbocycles. The van der Waals surface area contributed by atoms with Gasteiger partial charge >= 0.3 is 0 Å². The molecule has 1 aliphatic heterocycles. The fourth-order valence-electron chi connectivity index (χ4n) is 2.94. The van der Waals surface area contributed by atoms with Gasteiger partial charge in [0.1, 0.15) is 11.5 Å². The predicted octanol–water partition coefficient (Wildman–Crippen LogP) is 2.47. The van der Waals surface area contributed by atoms with Gasteiger partial charge in [0.15, 0.2) is 0 Å². The molecule has 0 N–H and O–H groups in total. The van der Waals surface area contributed by atoms with E-state index >= 15 is 0 Å². The minimum atomic E-state index is -3.47. The second kappa shape index (κ2) is 6.62. The van der Waals surface area contributed by atoms with Crippen LogP contribution in [0.2, 0.25) is 0 Å². The van der Waals surface area contributed by atoms with E-state index in [2.05, 4.69) is 10.3 Å². The number of halogens is 1. The van der Waals surface area contributed by atoms with Crippen LogP contribution in [0.1, 0.15) is 11.6 Å². The largest absolute Gasteiger partial charge is 0.246 e. The zero-order chi connectivity index (χ0) is 18.1. The van der Waals surface area contributed by atoms with Gasteiger partial charge in [0, 0.05) is 18.7 Å². The standard InChI is InChI=1S/C18H17FN4O2S/c19-16-8-4-5-14(9-16)13-26(24,25)22-10-17(11-22)23-12-18(20-21-23)15-6-2-1-3-7-15/h1-9,12,17H,10-11,13H2. The molecule has 0 atom stereocenters. The first-order valence-electron chi connectivity index (χ1n) is 8.21. The van der Waals surface area contributed by atoms with E-state index in [0.29, 0.717) is 18.7 Å². The Morgan fingerprint density at radius 1 is 1.08 bits per heavy atom. The molecule has 3 aromatic rings. The summed E-state index contributed by atoms with van der Waals surface area (Å²) in [6.07, 6.45) is 1.83. The molecule has 6 nitrogen and oxygen atoms in total. The summed E-state index contributed by atoms with van der Waals surface area (Å²) in [6, 6.07) is 15.3. The molecule has 2 aromatic carbocycles. The van der Waals surface area contributed by atoms with Crippen LogP contribution < -0.4 is 0 Å². The van der Waals surface area contributed by atoms with Crippen LogP contribution in [-0.2, 0) is 15.8 Å². The van der Waals surface area contributed by atoms with Crippen molar-refractivity contribution in [3.05, 3.63) is 72.2 Å². The van der Waals surface area contributed by atoms with E-state index in [0.717, 1.165) is 11.3 Å². The topological polar surface area (TPSA) is 68.1 Å². The maximum absolute atomic E-state index is 13.2. The summed E-state index contributed by atoms with van der Waals surface area (Å²) in [5, 5.41) is 8.28. The van der Waals surface area contributed by atoms with Crippen LogP contribution in [0.25, 0.3) is 11.3 Å². The minimum Gasteiger partial charge on any atom is -0.246 e. The molecule has 8 heteroatoms. The molecule has 2 heterocycles. The van der Waals surface area contributed by atoms with Gasteiger partial charge in [0.25, 0.3) is 0 Å². The van der Waals surface area contributed by atoms with Gasteiger partial charge in [0.05, 0.1) is 18.0 Å². The molecular weight excluding hydrogens is 355 g/mol. The van der Waals surface area contributed by atoms with Crippen molar-refractivity contribution < 1.29 is 12.8 Å². The molecule has 0 unspecified atom stereocenters. The highest BCUT2D eigenvalue weighted by atomic mass is 32.2. The Labute approximate surface area is 150 Å². The van der Waals surface area contributed by atoms with Crippen LogP contribution >= 0.6 is 0 Å². The number of aromatic nitrogens is 3. The Morgan fingerprint density at radius 2 is 1.85 bits per heavy atom. The zero-order valence-corrected chi connectivity index (χ0v) is 14.7. The molecule has 0 bridgehead atoms. The monoisotopic (exact) mass is 372 g/mol. The van der Waals surface area contributed by atoms with Gasteiger partial charge in [-0.25, -0.2) is 17.5 Å². The summed E-state index contributed by atoms with van der Waals surface area (Å²) >= 11 is 0. The summed E-state index contributed by atoms with van der Waals surface area (Å²) in [7, 11) is -3.47. The van der Waals surface area contributed by atoms with Gasteiger partial charge in [-0.3, -0.25) is 0 Å². The summed E-state index contributed by atoms with van der Waals surface area (Å²) < 4.78 is 41.2. The zero-order valence-electron chi connectivity index (χ0n) is 13.9. The van der Waals surface area contributed by atoms with E-state index in [1.54, 1.807) is 10.7 Å². The van der Waals surface area contributed by atoms with Crippen molar-refractivity contribution in [2.24, 2.45) is 0 Å². The average Bonchev–Trinajstić information content (AvgIpc) is 3.03. The lowest BCUT2D eigenvalue weighted by Gasteiger charge is -2.37. The molecule has 1 aliphatic rings. The van der Waals surface area contributed by atoms with Crippen molar-refractivity contribution >= 4 is 10.0 Å². The van der Waals surface area contributed by atoms with E-state index in [1.807, 2.05) is 36.5 Å². The molecule has 26 heavy (non-hydrogen) atoms. The molecule has 134 valence electrons. The second-order valence-electron chi connectivity index (χ2n) is 6.31. The number of rotatable bonds is 5. The summed E-state index contributed by atoms with van der Waals surface area (Å²) in [4.78, 5) is 0. The van der Waals surface area contributed by atoms with E-state index in [-0.39, 0.29) is 11.8 Å². The van der Waals surface area contributed by atoms with E-state index < -0.39 is 15.8 Å². The van der Waals surface area contributed by atoms with Crippen molar-refractivity contribution in [2.45, 2.75) is 11.8 Å². The van der Waals surface area contributed by atoms with Crippen LogP contribution in [0.15, 0.2) is 60.8 Å². The van der Waals surface area contributed by atoms with Crippen molar-refractivity contribution in [1.82, 2.24) is 19.3 Å². The Kier molecular flexibility index (Phi) is 4.29. The second-order valence-corrected chi connectivity index (χ2v) is 8.28. The third kappa shape index (κ3) is 3.38. The van der Waals surface area contributed by atoms with Crippen LogP contribution in [0.5, 0.6) is 0 Å². The van der Waals surface area contributed by atoms with Crippen molar-refractivity contribution in [1.29, 1.82) is 0 Å². The van der Waals surface area contributed by atoms with Crippen LogP contribution in [0.4, 0.5) is 4.39 Å². The lowest BCUT2D eigenvalue weighted by atomic mass is 10.1. The van der Waals surface area contributed by atoms with Gasteiger partial charge in [-0.2, -0.15) is 4.31 Å². The van der Waals surface area contributed by atoms with E-state index in [9.17, 15) is 12.8 Å². The van der Waals surface area contributed by atoms with E-state index in [4.69, 9.17) is 0 Å². The molecule has 1 aromatic heterocycles. The third-order valence-electron chi connectivity index (χ3n) is 4.41. The molecule has 1 fully saturated rings. The van der Waals surface area contributed by atoms with Gasteiger partial charge in [-0.1, -0.05) is 47.7 Å². The van der Waals surface area contributed by atoms with Crippen molar-refractivity contribution in [2.75, 3.05) is 13.1 Å². The molecule has 0 amide bonds. The molecule has 1 saturated heterocycles. The fraction of sp³-hybridized carbons (Fsp3) is 0.222. The summed E-state index contributed by atoms with van der Waals surface area (Å²) in [5.41, 5.74) is 2.17. The Balaban J connectivity index is 1.41. The van der Waals surface area contributed by atoms with Gasteiger partial charge < -0.3 is 0 Å². The van der Waals surface area contributed by atoms with Gasteiger partial charge in [0.2, 0.25) is 10.0 Å². The summed E-state index contributed by atoms with van der Waals surface area (Å²) in [5.74, 6) is -0.639. The molecule has 0 saturated carbocycles. The summed E-state index contributed by atoms with van der Waals surface area (Å²) in [6.45, 7) is 0.685. The van der Waals surface area contributed by atoms with Crippen LogP contribution in [0.3, 0.4) is 0 Å². The molecule has 4 rings (SSSR count). The maximum atomic E-state index is 13.2. The fourth-order valence-corrected chi connectivity index (χ4v) is 4.52. The van der Waals surface area contributed by atoms with E-state index in [1.165, 1.54) is 22.5 Å².